The van der Waals surface area contributed by atoms with Gasteiger partial charge in [0.15, 0.2) is 17.8 Å². The normalized spacial score (nSPS) is 20.8. The Hall–Kier alpha value is -2.57. The van der Waals surface area contributed by atoms with E-state index in [1.54, 1.807) is 7.11 Å². The predicted octanol–water partition coefficient (Wildman–Crippen LogP) is 3.49. The highest BCUT2D eigenvalue weighted by molar-refractivity contribution is 5.59. The molecule has 0 bridgehead atoms. The van der Waals surface area contributed by atoms with Gasteiger partial charge in [0.1, 0.15) is 6.17 Å². The monoisotopic (exact) mass is 437 g/mol. The number of nitrogens with zero attached hydrogens (tertiary/aromatic N) is 2. The van der Waals surface area contributed by atoms with Gasteiger partial charge in [-0.2, -0.15) is 0 Å². The Labute approximate surface area is 191 Å². The zero-order valence-corrected chi connectivity index (χ0v) is 19.2. The summed E-state index contributed by atoms with van der Waals surface area (Å²) in [5.41, 5.74) is 2.42. The Morgan fingerprint density at radius 1 is 1.09 bits per heavy atom. The number of rotatable bonds is 9. The average Bonchev–Trinajstić information content (AvgIpc) is 3.34. The van der Waals surface area contributed by atoms with Crippen molar-refractivity contribution in [3.05, 3.63) is 54.1 Å². The molecule has 1 saturated heterocycles. The van der Waals surface area contributed by atoms with Crippen molar-refractivity contribution in [2.45, 2.75) is 50.4 Å². The van der Waals surface area contributed by atoms with E-state index in [1.807, 2.05) is 19.2 Å². The maximum absolute atomic E-state index is 11.7. The van der Waals surface area contributed by atoms with E-state index < -0.39 is 0 Å². The summed E-state index contributed by atoms with van der Waals surface area (Å²) in [7, 11) is 3.55. The summed E-state index contributed by atoms with van der Waals surface area (Å²) in [6.45, 7) is 2.51. The van der Waals surface area contributed by atoms with Gasteiger partial charge in [0.2, 0.25) is 0 Å². The molecular formula is C26H35N3O3. The lowest BCUT2D eigenvalue weighted by atomic mass is 10.0. The van der Waals surface area contributed by atoms with Gasteiger partial charge in [-0.25, -0.2) is 0 Å². The highest BCUT2D eigenvalue weighted by Crippen LogP contribution is 2.35. The largest absolute Gasteiger partial charge is 0.493 e. The van der Waals surface area contributed by atoms with Crippen molar-refractivity contribution in [1.82, 2.24) is 10.2 Å². The van der Waals surface area contributed by atoms with E-state index in [-0.39, 0.29) is 18.3 Å². The van der Waals surface area contributed by atoms with E-state index in [1.165, 1.54) is 18.4 Å². The predicted molar refractivity (Wildman–Crippen MR) is 128 cm³/mol. The number of aldehydes is 1. The Bertz CT molecular complexity index is 870. The molecule has 0 aromatic heterocycles. The number of hydrogen-bond acceptors (Lipinski definition) is 6. The maximum Gasteiger partial charge on any atom is 0.163 e. The standard InChI is InChI=1S/C26H35N3O3/c1-27-26(19-30)29-15-14-28(18-22(29)16-20-8-4-3-5-9-20)21-12-13-24(31-2)25(17-21)32-23-10-6-7-11-23/h3-5,8-9,12-13,17,19,22-23,26-27H,6-7,10-11,14-16,18H2,1-2H3/t22-,26?/m0/s1. The maximum atomic E-state index is 11.7. The average molecular weight is 438 g/mol. The lowest BCUT2D eigenvalue weighted by Crippen LogP contribution is -2.60. The fourth-order valence-corrected chi connectivity index (χ4v) is 4.99. The van der Waals surface area contributed by atoms with Crippen LogP contribution in [0.3, 0.4) is 0 Å². The third-order valence-corrected chi connectivity index (χ3v) is 6.73. The summed E-state index contributed by atoms with van der Waals surface area (Å²) in [6, 6.07) is 17.0. The molecule has 32 heavy (non-hydrogen) atoms. The van der Waals surface area contributed by atoms with Crippen LogP contribution in [0, 0.1) is 0 Å². The van der Waals surface area contributed by atoms with Crippen LogP contribution in [0.25, 0.3) is 0 Å². The highest BCUT2D eigenvalue weighted by Gasteiger charge is 2.32. The second-order valence-electron chi connectivity index (χ2n) is 8.76. The summed E-state index contributed by atoms with van der Waals surface area (Å²) in [4.78, 5) is 16.4. The van der Waals surface area contributed by atoms with Gasteiger partial charge < -0.3 is 19.2 Å². The smallest absolute Gasteiger partial charge is 0.163 e. The first-order valence-electron chi connectivity index (χ1n) is 11.7. The molecule has 1 unspecified atom stereocenters. The molecule has 1 heterocycles. The lowest BCUT2D eigenvalue weighted by molar-refractivity contribution is -0.114. The first-order chi connectivity index (χ1) is 15.7. The number of likely N-dealkylation sites (N-methyl/N-ethyl adjacent to an activating group) is 1. The SMILES string of the molecule is CNC(C=O)N1CCN(c2ccc(OC)c(OC3CCCC3)c2)C[C@@H]1Cc1ccccc1. The fraction of sp³-hybridized carbons (Fsp3) is 0.500. The van der Waals surface area contributed by atoms with Crippen LogP contribution in [0.2, 0.25) is 0 Å². The molecule has 2 atom stereocenters. The van der Waals surface area contributed by atoms with Gasteiger partial charge in [-0.1, -0.05) is 30.3 Å². The summed E-state index contributed by atoms with van der Waals surface area (Å²) in [6.07, 6.45) is 6.61. The minimum absolute atomic E-state index is 0.218. The van der Waals surface area contributed by atoms with Gasteiger partial charge in [-0.3, -0.25) is 10.2 Å². The van der Waals surface area contributed by atoms with E-state index in [9.17, 15) is 4.79 Å². The van der Waals surface area contributed by atoms with Crippen molar-refractivity contribution in [2.24, 2.45) is 0 Å². The molecule has 1 N–H and O–H groups in total. The molecule has 4 rings (SSSR count). The Morgan fingerprint density at radius 3 is 2.56 bits per heavy atom. The van der Waals surface area contributed by atoms with E-state index in [2.05, 4.69) is 51.5 Å². The number of carbonyl (C=O) groups is 1. The zero-order chi connectivity index (χ0) is 22.3. The molecule has 1 aliphatic carbocycles. The quantitative estimate of drug-likeness (QED) is 0.606. The topological polar surface area (TPSA) is 54.0 Å². The molecule has 2 aromatic carbocycles. The molecule has 2 aliphatic rings. The van der Waals surface area contributed by atoms with Crippen molar-refractivity contribution >= 4 is 12.0 Å². The number of piperazine rings is 1. The van der Waals surface area contributed by atoms with Crippen LogP contribution < -0.4 is 19.7 Å². The second kappa shape index (κ2) is 10.8. The van der Waals surface area contributed by atoms with Crippen LogP contribution in [0.15, 0.2) is 48.5 Å². The number of anilines is 1. The molecule has 2 fully saturated rings. The highest BCUT2D eigenvalue weighted by atomic mass is 16.5. The van der Waals surface area contributed by atoms with Crippen LogP contribution >= 0.6 is 0 Å². The summed E-state index contributed by atoms with van der Waals surface area (Å²) >= 11 is 0. The van der Waals surface area contributed by atoms with Gasteiger partial charge >= 0.3 is 0 Å². The summed E-state index contributed by atoms with van der Waals surface area (Å²) < 4.78 is 11.9. The van der Waals surface area contributed by atoms with Crippen LogP contribution in [0.5, 0.6) is 11.5 Å². The van der Waals surface area contributed by atoms with E-state index in [0.717, 1.165) is 62.4 Å². The molecule has 2 aromatic rings. The summed E-state index contributed by atoms with van der Waals surface area (Å²) in [5.74, 6) is 1.62. The number of benzene rings is 2. The molecule has 6 heteroatoms. The zero-order valence-electron chi connectivity index (χ0n) is 19.2. The molecule has 1 saturated carbocycles. The van der Waals surface area contributed by atoms with E-state index >= 15 is 0 Å². The Kier molecular flexibility index (Phi) is 7.66. The third kappa shape index (κ3) is 5.25. The minimum atomic E-state index is -0.275. The number of hydrogen-bond donors (Lipinski definition) is 1. The van der Waals surface area contributed by atoms with E-state index in [0.29, 0.717) is 0 Å². The molecule has 0 spiro atoms. The van der Waals surface area contributed by atoms with Crippen molar-refractivity contribution in [2.75, 3.05) is 38.7 Å². The van der Waals surface area contributed by atoms with Crippen molar-refractivity contribution < 1.29 is 14.3 Å². The summed E-state index contributed by atoms with van der Waals surface area (Å²) in [5, 5.41) is 3.16. The molecular weight excluding hydrogens is 402 g/mol. The van der Waals surface area contributed by atoms with Gasteiger partial charge in [-0.15, -0.1) is 0 Å². The number of ether oxygens (including phenoxy) is 2. The van der Waals surface area contributed by atoms with Crippen molar-refractivity contribution in [3.8, 4) is 11.5 Å². The lowest BCUT2D eigenvalue weighted by Gasteiger charge is -2.44. The number of nitrogens with one attached hydrogen (secondary N) is 1. The van der Waals surface area contributed by atoms with Gasteiger partial charge in [0.25, 0.3) is 0 Å². The van der Waals surface area contributed by atoms with Gasteiger partial charge in [0.05, 0.1) is 13.2 Å². The molecule has 0 radical (unpaired) electrons. The first kappa shape index (κ1) is 22.6. The number of methoxy groups -OCH3 is 1. The second-order valence-corrected chi connectivity index (χ2v) is 8.76. The van der Waals surface area contributed by atoms with Gasteiger partial charge in [0, 0.05) is 37.4 Å². The first-order valence-corrected chi connectivity index (χ1v) is 11.7. The van der Waals surface area contributed by atoms with Crippen LogP contribution in [0.4, 0.5) is 5.69 Å². The van der Waals surface area contributed by atoms with Crippen molar-refractivity contribution in [1.29, 1.82) is 0 Å². The third-order valence-electron chi connectivity index (χ3n) is 6.73. The Morgan fingerprint density at radius 2 is 1.88 bits per heavy atom. The van der Waals surface area contributed by atoms with Crippen LogP contribution in [-0.4, -0.2) is 63.3 Å². The molecule has 0 amide bonds. The molecule has 1 aliphatic heterocycles. The van der Waals surface area contributed by atoms with Crippen LogP contribution in [0.1, 0.15) is 31.2 Å². The molecule has 6 nitrogen and oxygen atoms in total. The van der Waals surface area contributed by atoms with Crippen molar-refractivity contribution in [3.63, 3.8) is 0 Å². The molecule has 172 valence electrons. The van der Waals surface area contributed by atoms with Crippen LogP contribution in [-0.2, 0) is 11.2 Å². The van der Waals surface area contributed by atoms with Gasteiger partial charge in [-0.05, 0) is 56.8 Å². The minimum Gasteiger partial charge on any atom is -0.493 e. The Balaban J connectivity index is 1.55. The van der Waals surface area contributed by atoms with E-state index in [4.69, 9.17) is 9.47 Å². The number of carbonyl (C=O) groups excluding carboxylic acids is 1. The fourth-order valence-electron chi connectivity index (χ4n) is 4.99.